The minimum absolute atomic E-state index is 0.0764. The fraction of sp³-hybridized carbons (Fsp3) is 0.143. The van der Waals surface area contributed by atoms with Crippen molar-refractivity contribution in [2.75, 3.05) is 6.79 Å². The second kappa shape index (κ2) is 3.73. The van der Waals surface area contributed by atoms with E-state index in [0.717, 1.165) is 0 Å². The molecule has 0 saturated heterocycles. The maximum absolute atomic E-state index is 10.7. The van der Waals surface area contributed by atoms with Gasteiger partial charge in [-0.2, -0.15) is 8.42 Å². The molecule has 5 nitrogen and oxygen atoms in total. The van der Waals surface area contributed by atoms with Crippen molar-refractivity contribution in [1.29, 1.82) is 0 Å². The highest BCUT2D eigenvalue weighted by molar-refractivity contribution is 7.86. The Morgan fingerprint density at radius 1 is 1.31 bits per heavy atom. The van der Waals surface area contributed by atoms with Gasteiger partial charge in [0, 0.05) is 0 Å². The van der Waals surface area contributed by atoms with Crippen LogP contribution in [-0.2, 0) is 10.1 Å². The van der Waals surface area contributed by atoms with Crippen LogP contribution in [0.4, 0.5) is 0 Å². The molecule has 0 aromatic heterocycles. The Morgan fingerprint density at radius 2 is 1.92 bits per heavy atom. The highest BCUT2D eigenvalue weighted by atomic mass is 32.2. The first-order chi connectivity index (χ1) is 6.05. The second-order valence-electron chi connectivity index (χ2n) is 2.20. The average Bonchev–Trinajstić information content (AvgIpc) is 2.04. The summed E-state index contributed by atoms with van der Waals surface area (Å²) in [4.78, 5) is -0.357. The van der Waals surface area contributed by atoms with Gasteiger partial charge in [0.05, 0.1) is 0 Å². The molecule has 72 valence electrons. The van der Waals surface area contributed by atoms with Crippen molar-refractivity contribution in [3.8, 4) is 5.75 Å². The van der Waals surface area contributed by atoms with E-state index < -0.39 is 16.9 Å². The monoisotopic (exact) mass is 204 g/mol. The molecule has 0 atom stereocenters. The summed E-state index contributed by atoms with van der Waals surface area (Å²) in [5, 5.41) is 8.41. The van der Waals surface area contributed by atoms with E-state index >= 15 is 0 Å². The molecular formula is C7H8O5S. The van der Waals surface area contributed by atoms with Crippen LogP contribution in [0.5, 0.6) is 5.75 Å². The Labute approximate surface area is 75.3 Å². The van der Waals surface area contributed by atoms with Crippen LogP contribution in [0.2, 0.25) is 0 Å². The van der Waals surface area contributed by atoms with Crippen molar-refractivity contribution in [3.63, 3.8) is 0 Å². The highest BCUT2D eigenvalue weighted by Crippen LogP contribution is 2.22. The lowest BCUT2D eigenvalue weighted by Crippen LogP contribution is -2.03. The number of rotatable bonds is 3. The number of hydrogen-bond donors (Lipinski definition) is 2. The number of benzene rings is 1. The van der Waals surface area contributed by atoms with Crippen LogP contribution in [0.15, 0.2) is 29.2 Å². The summed E-state index contributed by atoms with van der Waals surface area (Å²) < 4.78 is 34.7. The van der Waals surface area contributed by atoms with E-state index in [9.17, 15) is 8.42 Å². The van der Waals surface area contributed by atoms with Crippen molar-refractivity contribution in [2.24, 2.45) is 0 Å². The SMILES string of the molecule is O=S(=O)(O)c1ccccc1OCO. The summed E-state index contributed by atoms with van der Waals surface area (Å²) in [6.45, 7) is -0.646. The van der Waals surface area contributed by atoms with E-state index in [-0.39, 0.29) is 10.6 Å². The zero-order valence-corrected chi connectivity index (χ0v) is 7.36. The molecular weight excluding hydrogens is 196 g/mol. The molecule has 0 aliphatic rings. The van der Waals surface area contributed by atoms with Gasteiger partial charge in [0.2, 0.25) is 0 Å². The van der Waals surface area contributed by atoms with Crippen LogP contribution >= 0.6 is 0 Å². The minimum atomic E-state index is -4.29. The van der Waals surface area contributed by atoms with E-state index in [1.54, 1.807) is 0 Å². The van der Waals surface area contributed by atoms with E-state index in [0.29, 0.717) is 0 Å². The van der Waals surface area contributed by atoms with Crippen molar-refractivity contribution in [1.82, 2.24) is 0 Å². The maximum atomic E-state index is 10.7. The van der Waals surface area contributed by atoms with Crippen LogP contribution in [0, 0.1) is 0 Å². The average molecular weight is 204 g/mol. The predicted molar refractivity (Wildman–Crippen MR) is 44.0 cm³/mol. The normalized spacial score (nSPS) is 11.2. The molecule has 0 radical (unpaired) electrons. The zero-order valence-electron chi connectivity index (χ0n) is 6.54. The van der Waals surface area contributed by atoms with E-state index in [1.807, 2.05) is 0 Å². The first kappa shape index (κ1) is 9.97. The first-order valence-corrected chi connectivity index (χ1v) is 4.80. The van der Waals surface area contributed by atoms with Crippen LogP contribution in [0.25, 0.3) is 0 Å². The molecule has 13 heavy (non-hydrogen) atoms. The zero-order chi connectivity index (χ0) is 9.90. The van der Waals surface area contributed by atoms with Crippen molar-refractivity contribution < 1.29 is 22.8 Å². The molecule has 0 spiro atoms. The van der Waals surface area contributed by atoms with Gasteiger partial charge in [-0.05, 0) is 12.1 Å². The largest absolute Gasteiger partial charge is 0.466 e. The number of para-hydroxylation sites is 1. The summed E-state index contributed by atoms with van der Waals surface area (Å²) in [6.07, 6.45) is 0. The Balaban J connectivity index is 3.20. The number of ether oxygens (including phenoxy) is 1. The standard InChI is InChI=1S/C7H8O5S/c8-5-12-6-3-1-2-4-7(6)13(9,10)11/h1-4,8H,5H2,(H,9,10,11). The van der Waals surface area contributed by atoms with E-state index in [2.05, 4.69) is 4.74 Å². The summed E-state index contributed by atoms with van der Waals surface area (Å²) in [5.74, 6) is -0.0764. The summed E-state index contributed by atoms with van der Waals surface area (Å²) in [5.41, 5.74) is 0. The number of aliphatic hydroxyl groups is 1. The van der Waals surface area contributed by atoms with Crippen LogP contribution < -0.4 is 4.74 Å². The number of hydrogen-bond acceptors (Lipinski definition) is 4. The molecule has 1 aromatic rings. The fourth-order valence-electron chi connectivity index (χ4n) is 0.852. The van der Waals surface area contributed by atoms with E-state index in [1.165, 1.54) is 24.3 Å². The quantitative estimate of drug-likeness (QED) is 0.545. The molecule has 0 aliphatic carbocycles. The van der Waals surface area contributed by atoms with Gasteiger partial charge >= 0.3 is 0 Å². The summed E-state index contributed by atoms with van der Waals surface area (Å²) >= 11 is 0. The molecule has 1 rings (SSSR count). The molecule has 0 fully saturated rings. The van der Waals surface area contributed by atoms with Crippen molar-refractivity contribution >= 4 is 10.1 Å². The molecule has 1 aromatic carbocycles. The van der Waals surface area contributed by atoms with Gasteiger partial charge in [-0.1, -0.05) is 12.1 Å². The van der Waals surface area contributed by atoms with Gasteiger partial charge in [0.25, 0.3) is 10.1 Å². The Morgan fingerprint density at radius 3 is 2.46 bits per heavy atom. The molecule has 0 aliphatic heterocycles. The lowest BCUT2D eigenvalue weighted by atomic mass is 10.3. The Hall–Kier alpha value is -1.11. The smallest absolute Gasteiger partial charge is 0.298 e. The Kier molecular flexibility index (Phi) is 2.86. The fourth-order valence-corrected chi connectivity index (χ4v) is 1.48. The van der Waals surface area contributed by atoms with Crippen molar-refractivity contribution in [3.05, 3.63) is 24.3 Å². The lowest BCUT2D eigenvalue weighted by molar-refractivity contribution is 0.0956. The summed E-state index contributed by atoms with van der Waals surface area (Å²) in [6, 6.07) is 5.48. The molecule has 0 unspecified atom stereocenters. The van der Waals surface area contributed by atoms with Crippen LogP contribution in [-0.4, -0.2) is 24.9 Å². The topological polar surface area (TPSA) is 83.8 Å². The third-order valence-electron chi connectivity index (χ3n) is 1.35. The molecule has 2 N–H and O–H groups in total. The van der Waals surface area contributed by atoms with Gasteiger partial charge in [-0.3, -0.25) is 4.55 Å². The molecule has 0 saturated carbocycles. The van der Waals surface area contributed by atoms with Crippen LogP contribution in [0.3, 0.4) is 0 Å². The predicted octanol–water partition coefficient (Wildman–Crippen LogP) is 0.262. The second-order valence-corrected chi connectivity index (χ2v) is 3.59. The third kappa shape index (κ3) is 2.41. The third-order valence-corrected chi connectivity index (χ3v) is 2.24. The van der Waals surface area contributed by atoms with Gasteiger partial charge in [-0.25, -0.2) is 0 Å². The maximum Gasteiger partial charge on any atom is 0.298 e. The number of aliphatic hydroxyl groups excluding tert-OH is 1. The molecule has 6 heteroatoms. The first-order valence-electron chi connectivity index (χ1n) is 3.36. The van der Waals surface area contributed by atoms with Gasteiger partial charge < -0.3 is 9.84 Å². The van der Waals surface area contributed by atoms with Gasteiger partial charge in [0.15, 0.2) is 6.79 Å². The van der Waals surface area contributed by atoms with Crippen LogP contribution in [0.1, 0.15) is 0 Å². The van der Waals surface area contributed by atoms with Gasteiger partial charge in [-0.15, -0.1) is 0 Å². The van der Waals surface area contributed by atoms with Gasteiger partial charge in [0.1, 0.15) is 10.6 Å². The summed E-state index contributed by atoms with van der Waals surface area (Å²) in [7, 11) is -4.29. The molecule has 0 bridgehead atoms. The minimum Gasteiger partial charge on any atom is -0.466 e. The highest BCUT2D eigenvalue weighted by Gasteiger charge is 2.15. The molecule has 0 amide bonds. The Bertz CT molecular complexity index is 384. The van der Waals surface area contributed by atoms with Crippen molar-refractivity contribution in [2.45, 2.75) is 4.90 Å². The lowest BCUT2D eigenvalue weighted by Gasteiger charge is -2.05. The molecule has 0 heterocycles. The van der Waals surface area contributed by atoms with E-state index in [4.69, 9.17) is 9.66 Å².